The predicted molar refractivity (Wildman–Crippen MR) is 66.1 cm³/mol. The lowest BCUT2D eigenvalue weighted by Gasteiger charge is -2.01. The first-order chi connectivity index (χ1) is 7.20. The van der Waals surface area contributed by atoms with E-state index in [0.717, 1.165) is 0 Å². The highest BCUT2D eigenvalue weighted by Gasteiger charge is 1.98. The molecule has 0 amide bonds. The fourth-order valence-corrected chi connectivity index (χ4v) is 1.66. The van der Waals surface area contributed by atoms with E-state index in [1.807, 2.05) is 0 Å². The van der Waals surface area contributed by atoms with Crippen LogP contribution in [0.5, 0.6) is 0 Å². The summed E-state index contributed by atoms with van der Waals surface area (Å²) < 4.78 is 5.21. The van der Waals surface area contributed by atoms with Crippen molar-refractivity contribution < 1.29 is 14.3 Å². The normalized spacial score (nSPS) is 9.60. The largest absolute Gasteiger partial charge is 0.380 e. The molecule has 0 saturated carbocycles. The number of hydrogen-bond donors (Lipinski definition) is 0. The van der Waals surface area contributed by atoms with Gasteiger partial charge in [0, 0.05) is 11.5 Å². The van der Waals surface area contributed by atoms with E-state index in [-0.39, 0.29) is 10.2 Å². The van der Waals surface area contributed by atoms with Gasteiger partial charge < -0.3 is 4.74 Å². The average Bonchev–Trinajstić information content (AvgIpc) is 2.26. The SMILES string of the molecule is C=CC(=O)SCCOCCSC(=O)C=C. The van der Waals surface area contributed by atoms with Crippen LogP contribution in [0.1, 0.15) is 0 Å². The number of hydrogen-bond acceptors (Lipinski definition) is 5. The molecule has 0 radical (unpaired) electrons. The molecule has 0 atom stereocenters. The molecule has 0 aromatic rings. The molecular formula is C10H14O3S2. The van der Waals surface area contributed by atoms with Crippen LogP contribution in [0.4, 0.5) is 0 Å². The number of thioether (sulfide) groups is 2. The molecule has 0 N–H and O–H groups in total. The van der Waals surface area contributed by atoms with Crippen LogP contribution in [0.15, 0.2) is 25.3 Å². The molecule has 3 nitrogen and oxygen atoms in total. The van der Waals surface area contributed by atoms with Crippen LogP contribution >= 0.6 is 23.5 Å². The molecule has 0 saturated heterocycles. The van der Waals surface area contributed by atoms with E-state index < -0.39 is 0 Å². The maximum absolute atomic E-state index is 10.8. The first-order valence-corrected chi connectivity index (χ1v) is 6.34. The Morgan fingerprint density at radius 1 is 1.00 bits per heavy atom. The number of carbonyl (C=O) groups excluding carboxylic acids is 2. The fraction of sp³-hybridized carbons (Fsp3) is 0.400. The molecule has 0 aliphatic rings. The summed E-state index contributed by atoms with van der Waals surface area (Å²) in [5, 5.41) is -0.0929. The zero-order chi connectivity index (χ0) is 11.5. The summed E-state index contributed by atoms with van der Waals surface area (Å²) in [5.74, 6) is 1.23. The minimum Gasteiger partial charge on any atom is -0.380 e. The van der Waals surface area contributed by atoms with Gasteiger partial charge in [0.2, 0.25) is 10.2 Å². The zero-order valence-electron chi connectivity index (χ0n) is 8.44. The van der Waals surface area contributed by atoms with Crippen molar-refractivity contribution in [1.82, 2.24) is 0 Å². The summed E-state index contributed by atoms with van der Waals surface area (Å²) in [6.45, 7) is 7.73. The van der Waals surface area contributed by atoms with E-state index in [9.17, 15) is 9.59 Å². The van der Waals surface area contributed by atoms with E-state index in [1.54, 1.807) is 0 Å². The number of ether oxygens (including phenoxy) is 1. The lowest BCUT2D eigenvalue weighted by Crippen LogP contribution is -2.03. The standard InChI is InChI=1S/C10H14O3S2/c1-3-9(11)14-7-5-13-6-8-15-10(12)4-2/h3-4H,1-2,5-8H2. The van der Waals surface area contributed by atoms with E-state index >= 15 is 0 Å². The van der Waals surface area contributed by atoms with Crippen LogP contribution in [-0.2, 0) is 14.3 Å². The summed E-state index contributed by atoms with van der Waals surface area (Å²) in [5.41, 5.74) is 0. The Kier molecular flexibility index (Phi) is 9.67. The van der Waals surface area contributed by atoms with Crippen molar-refractivity contribution in [2.75, 3.05) is 24.7 Å². The quantitative estimate of drug-likeness (QED) is 0.483. The van der Waals surface area contributed by atoms with E-state index in [0.29, 0.717) is 24.7 Å². The second-order valence-corrected chi connectivity index (χ2v) is 4.55. The van der Waals surface area contributed by atoms with Gasteiger partial charge in [-0.05, 0) is 12.2 Å². The maximum atomic E-state index is 10.8. The Balaban J connectivity index is 3.18. The van der Waals surface area contributed by atoms with Crippen LogP contribution in [0.25, 0.3) is 0 Å². The second kappa shape index (κ2) is 10.0. The van der Waals surface area contributed by atoms with Crippen molar-refractivity contribution in [3.63, 3.8) is 0 Å². The molecule has 84 valence electrons. The molecule has 0 rings (SSSR count). The molecule has 0 heterocycles. The van der Waals surface area contributed by atoms with Gasteiger partial charge in [0.25, 0.3) is 0 Å². The Labute approximate surface area is 98.3 Å². The molecular weight excluding hydrogens is 232 g/mol. The van der Waals surface area contributed by atoms with Gasteiger partial charge in [-0.2, -0.15) is 0 Å². The van der Waals surface area contributed by atoms with Gasteiger partial charge in [-0.25, -0.2) is 0 Å². The molecule has 0 bridgehead atoms. The summed E-state index contributed by atoms with van der Waals surface area (Å²) in [6.07, 6.45) is 2.56. The van der Waals surface area contributed by atoms with Crippen molar-refractivity contribution in [1.29, 1.82) is 0 Å². The van der Waals surface area contributed by atoms with Crippen LogP contribution in [0.3, 0.4) is 0 Å². The highest BCUT2D eigenvalue weighted by molar-refractivity contribution is 8.14. The van der Waals surface area contributed by atoms with Crippen molar-refractivity contribution in [3.05, 3.63) is 25.3 Å². The van der Waals surface area contributed by atoms with Crippen molar-refractivity contribution in [3.8, 4) is 0 Å². The third-order valence-electron chi connectivity index (χ3n) is 1.28. The van der Waals surface area contributed by atoms with E-state index in [1.165, 1.54) is 35.7 Å². The maximum Gasteiger partial charge on any atom is 0.211 e. The third-order valence-corrected chi connectivity index (χ3v) is 2.92. The van der Waals surface area contributed by atoms with Crippen LogP contribution in [0.2, 0.25) is 0 Å². The second-order valence-electron chi connectivity index (χ2n) is 2.36. The highest BCUT2D eigenvalue weighted by Crippen LogP contribution is 2.04. The summed E-state index contributed by atoms with van der Waals surface area (Å²) in [6, 6.07) is 0. The van der Waals surface area contributed by atoms with Crippen LogP contribution in [0, 0.1) is 0 Å². The van der Waals surface area contributed by atoms with Gasteiger partial charge in [-0.1, -0.05) is 36.7 Å². The molecule has 0 aliphatic carbocycles. The van der Waals surface area contributed by atoms with Crippen molar-refractivity contribution >= 4 is 33.8 Å². The van der Waals surface area contributed by atoms with Crippen molar-refractivity contribution in [2.24, 2.45) is 0 Å². The van der Waals surface area contributed by atoms with Crippen molar-refractivity contribution in [2.45, 2.75) is 0 Å². The Hall–Kier alpha value is -0.520. The van der Waals surface area contributed by atoms with E-state index in [4.69, 9.17) is 4.74 Å². The summed E-state index contributed by atoms with van der Waals surface area (Å²) >= 11 is 2.35. The lowest BCUT2D eigenvalue weighted by molar-refractivity contribution is -0.107. The average molecular weight is 246 g/mol. The summed E-state index contributed by atoms with van der Waals surface area (Å²) in [7, 11) is 0. The molecule has 0 unspecified atom stereocenters. The monoisotopic (exact) mass is 246 g/mol. The molecule has 0 aliphatic heterocycles. The van der Waals surface area contributed by atoms with Gasteiger partial charge in [0.1, 0.15) is 0 Å². The minimum atomic E-state index is -0.0465. The summed E-state index contributed by atoms with van der Waals surface area (Å²) in [4.78, 5) is 21.5. The fourth-order valence-electron chi connectivity index (χ4n) is 0.622. The van der Waals surface area contributed by atoms with Gasteiger partial charge in [-0.15, -0.1) is 0 Å². The topological polar surface area (TPSA) is 43.4 Å². The van der Waals surface area contributed by atoms with E-state index in [2.05, 4.69) is 13.2 Å². The Morgan fingerprint density at radius 3 is 1.73 bits per heavy atom. The minimum absolute atomic E-state index is 0.0465. The van der Waals surface area contributed by atoms with Gasteiger partial charge in [-0.3, -0.25) is 9.59 Å². The van der Waals surface area contributed by atoms with Crippen LogP contribution in [-0.4, -0.2) is 35.0 Å². The molecule has 5 heteroatoms. The highest BCUT2D eigenvalue weighted by atomic mass is 32.2. The number of rotatable bonds is 8. The zero-order valence-corrected chi connectivity index (χ0v) is 10.1. The third kappa shape index (κ3) is 9.78. The molecule has 15 heavy (non-hydrogen) atoms. The lowest BCUT2D eigenvalue weighted by atomic mass is 10.7. The van der Waals surface area contributed by atoms with Gasteiger partial charge >= 0.3 is 0 Å². The number of carbonyl (C=O) groups is 2. The van der Waals surface area contributed by atoms with Crippen LogP contribution < -0.4 is 0 Å². The van der Waals surface area contributed by atoms with Gasteiger partial charge in [0.15, 0.2) is 0 Å². The molecule has 0 aromatic heterocycles. The molecule has 0 fully saturated rings. The van der Waals surface area contributed by atoms with Gasteiger partial charge in [0.05, 0.1) is 13.2 Å². The first kappa shape index (κ1) is 14.5. The predicted octanol–water partition coefficient (Wildman–Crippen LogP) is 1.89. The molecule has 0 spiro atoms. The first-order valence-electron chi connectivity index (χ1n) is 4.37. The Morgan fingerprint density at radius 2 is 1.40 bits per heavy atom. The smallest absolute Gasteiger partial charge is 0.211 e. The Bertz CT molecular complexity index is 215. The molecule has 0 aromatic carbocycles.